The third-order valence-electron chi connectivity index (χ3n) is 3.49. The van der Waals surface area contributed by atoms with Crippen LogP contribution in [0.2, 0.25) is 0 Å². The monoisotopic (exact) mass is 267 g/mol. The highest BCUT2D eigenvalue weighted by Crippen LogP contribution is 2.21. The van der Waals surface area contributed by atoms with Gasteiger partial charge in [0.15, 0.2) is 0 Å². The highest BCUT2D eigenvalue weighted by atomic mass is 16.5. The lowest BCUT2D eigenvalue weighted by Gasteiger charge is -2.33. The standard InChI is InChI=1S/C14H21NO4/c16-12-9-19-7-6-14(18,13(12)17)10-15-8-11-4-2-1-3-5-11/h1-5,12-13,15-18H,6-10H2/t12-,13-,14+/m0/s1. The Balaban J connectivity index is 1.89. The summed E-state index contributed by atoms with van der Waals surface area (Å²) in [5.41, 5.74) is -0.254. The summed E-state index contributed by atoms with van der Waals surface area (Å²) in [5, 5.41) is 33.1. The third kappa shape index (κ3) is 3.75. The van der Waals surface area contributed by atoms with E-state index in [4.69, 9.17) is 4.74 Å². The quantitative estimate of drug-likeness (QED) is 0.599. The van der Waals surface area contributed by atoms with E-state index in [1.165, 1.54) is 0 Å². The number of nitrogens with one attached hydrogen (secondary N) is 1. The van der Waals surface area contributed by atoms with Gasteiger partial charge in [-0.1, -0.05) is 30.3 Å². The molecule has 0 amide bonds. The highest BCUT2D eigenvalue weighted by Gasteiger charge is 2.41. The summed E-state index contributed by atoms with van der Waals surface area (Å²) >= 11 is 0. The fraction of sp³-hybridized carbons (Fsp3) is 0.571. The molecule has 3 atom stereocenters. The zero-order valence-corrected chi connectivity index (χ0v) is 10.8. The van der Waals surface area contributed by atoms with Gasteiger partial charge < -0.3 is 25.4 Å². The summed E-state index contributed by atoms with van der Waals surface area (Å²) in [4.78, 5) is 0. The number of hydrogen-bond donors (Lipinski definition) is 4. The van der Waals surface area contributed by atoms with Gasteiger partial charge in [0, 0.05) is 26.1 Å². The molecule has 0 saturated carbocycles. The van der Waals surface area contributed by atoms with Crippen molar-refractivity contribution in [3.63, 3.8) is 0 Å². The van der Waals surface area contributed by atoms with Gasteiger partial charge in [-0.25, -0.2) is 0 Å². The Hall–Kier alpha value is -0.980. The molecule has 1 heterocycles. The van der Waals surface area contributed by atoms with E-state index in [9.17, 15) is 15.3 Å². The molecule has 5 nitrogen and oxygen atoms in total. The Morgan fingerprint density at radius 1 is 1.26 bits per heavy atom. The molecule has 1 saturated heterocycles. The van der Waals surface area contributed by atoms with Crippen molar-refractivity contribution in [3.05, 3.63) is 35.9 Å². The van der Waals surface area contributed by atoms with Crippen molar-refractivity contribution in [2.45, 2.75) is 30.8 Å². The number of aliphatic hydroxyl groups excluding tert-OH is 2. The predicted molar refractivity (Wildman–Crippen MR) is 70.5 cm³/mol. The largest absolute Gasteiger partial charge is 0.388 e. The van der Waals surface area contributed by atoms with Gasteiger partial charge in [0.1, 0.15) is 17.8 Å². The molecule has 5 heteroatoms. The molecule has 1 aromatic carbocycles. The first-order valence-corrected chi connectivity index (χ1v) is 6.53. The fourth-order valence-corrected chi connectivity index (χ4v) is 2.26. The zero-order valence-electron chi connectivity index (χ0n) is 10.8. The minimum Gasteiger partial charge on any atom is -0.388 e. The summed E-state index contributed by atoms with van der Waals surface area (Å²) in [6.45, 7) is 1.20. The van der Waals surface area contributed by atoms with Gasteiger partial charge in [-0.2, -0.15) is 0 Å². The van der Waals surface area contributed by atoms with Crippen LogP contribution >= 0.6 is 0 Å². The van der Waals surface area contributed by atoms with Crippen LogP contribution in [0.5, 0.6) is 0 Å². The van der Waals surface area contributed by atoms with Crippen molar-refractivity contribution in [3.8, 4) is 0 Å². The van der Waals surface area contributed by atoms with Crippen molar-refractivity contribution in [1.29, 1.82) is 0 Å². The van der Waals surface area contributed by atoms with E-state index < -0.39 is 17.8 Å². The van der Waals surface area contributed by atoms with E-state index in [1.54, 1.807) is 0 Å². The van der Waals surface area contributed by atoms with Crippen molar-refractivity contribution < 1.29 is 20.1 Å². The first-order valence-electron chi connectivity index (χ1n) is 6.53. The zero-order chi connectivity index (χ0) is 13.7. The molecule has 1 fully saturated rings. The van der Waals surface area contributed by atoms with Crippen LogP contribution in [-0.2, 0) is 11.3 Å². The topological polar surface area (TPSA) is 82.0 Å². The molecule has 106 valence electrons. The molecule has 4 N–H and O–H groups in total. The van der Waals surface area contributed by atoms with Gasteiger partial charge in [-0.3, -0.25) is 0 Å². The normalized spacial score (nSPS) is 31.9. The van der Waals surface area contributed by atoms with Gasteiger partial charge in [0.2, 0.25) is 0 Å². The van der Waals surface area contributed by atoms with E-state index in [0.717, 1.165) is 5.56 Å². The summed E-state index contributed by atoms with van der Waals surface area (Å²) in [5.74, 6) is 0. The van der Waals surface area contributed by atoms with Crippen LogP contribution in [-0.4, -0.2) is 52.9 Å². The Morgan fingerprint density at radius 3 is 2.74 bits per heavy atom. The smallest absolute Gasteiger partial charge is 0.112 e. The number of ether oxygens (including phenoxy) is 1. The van der Waals surface area contributed by atoms with Crippen LogP contribution in [0.15, 0.2) is 30.3 Å². The highest BCUT2D eigenvalue weighted by molar-refractivity contribution is 5.14. The maximum Gasteiger partial charge on any atom is 0.112 e. The average Bonchev–Trinajstić information content (AvgIpc) is 2.54. The number of hydrogen-bond acceptors (Lipinski definition) is 5. The maximum absolute atomic E-state index is 10.4. The molecule has 1 aliphatic heterocycles. The molecule has 19 heavy (non-hydrogen) atoms. The lowest BCUT2D eigenvalue weighted by Crippen LogP contribution is -2.54. The van der Waals surface area contributed by atoms with E-state index in [1.807, 2.05) is 30.3 Å². The number of rotatable bonds is 4. The molecular weight excluding hydrogens is 246 g/mol. The van der Waals surface area contributed by atoms with Crippen LogP contribution in [0.1, 0.15) is 12.0 Å². The SMILES string of the molecule is O[C@H]1COCC[C@@](O)(CNCc2ccccc2)[C@H]1O. The van der Waals surface area contributed by atoms with Crippen LogP contribution in [0.3, 0.4) is 0 Å². The van der Waals surface area contributed by atoms with Crippen LogP contribution in [0, 0.1) is 0 Å². The molecule has 0 unspecified atom stereocenters. The van der Waals surface area contributed by atoms with Crippen molar-refractivity contribution in [1.82, 2.24) is 5.32 Å². The van der Waals surface area contributed by atoms with Gasteiger partial charge in [0.05, 0.1) is 6.61 Å². The summed E-state index contributed by atoms with van der Waals surface area (Å²) in [7, 11) is 0. The fourth-order valence-electron chi connectivity index (χ4n) is 2.26. The van der Waals surface area contributed by atoms with Gasteiger partial charge in [-0.05, 0) is 5.56 Å². The van der Waals surface area contributed by atoms with Crippen molar-refractivity contribution >= 4 is 0 Å². The molecular formula is C14H21NO4. The van der Waals surface area contributed by atoms with Crippen molar-refractivity contribution in [2.24, 2.45) is 0 Å². The van der Waals surface area contributed by atoms with E-state index in [0.29, 0.717) is 19.6 Å². The Morgan fingerprint density at radius 2 is 2.00 bits per heavy atom. The molecule has 0 spiro atoms. The van der Waals surface area contributed by atoms with Gasteiger partial charge >= 0.3 is 0 Å². The van der Waals surface area contributed by atoms with Crippen molar-refractivity contribution in [2.75, 3.05) is 19.8 Å². The first-order chi connectivity index (χ1) is 9.12. The van der Waals surface area contributed by atoms with Gasteiger partial charge in [0.25, 0.3) is 0 Å². The summed E-state index contributed by atoms with van der Waals surface area (Å²) in [6, 6.07) is 9.81. The number of benzene rings is 1. The van der Waals surface area contributed by atoms with E-state index in [2.05, 4.69) is 5.32 Å². The lowest BCUT2D eigenvalue weighted by molar-refractivity contribution is -0.119. The molecule has 1 aliphatic rings. The summed E-state index contributed by atoms with van der Waals surface area (Å²) < 4.78 is 5.14. The van der Waals surface area contributed by atoms with Gasteiger partial charge in [-0.15, -0.1) is 0 Å². The average molecular weight is 267 g/mol. The molecule has 0 aromatic heterocycles. The molecule has 1 aromatic rings. The van der Waals surface area contributed by atoms with Crippen LogP contribution in [0.4, 0.5) is 0 Å². The second-order valence-corrected chi connectivity index (χ2v) is 5.03. The van der Waals surface area contributed by atoms with E-state index >= 15 is 0 Å². The first kappa shape index (κ1) is 14.4. The molecule has 0 radical (unpaired) electrons. The molecule has 0 bridgehead atoms. The Kier molecular flexibility index (Phi) is 4.90. The second kappa shape index (κ2) is 6.45. The minimum absolute atomic E-state index is 0.0577. The molecule has 2 rings (SSSR count). The Bertz CT molecular complexity index is 386. The lowest BCUT2D eigenvalue weighted by atomic mass is 9.90. The maximum atomic E-state index is 10.4. The van der Waals surface area contributed by atoms with E-state index in [-0.39, 0.29) is 13.2 Å². The predicted octanol–water partition coefficient (Wildman–Crippen LogP) is -0.351. The summed E-state index contributed by atoms with van der Waals surface area (Å²) in [6.07, 6.45) is -1.95. The Labute approximate surface area is 112 Å². The minimum atomic E-state index is -1.36. The number of aliphatic hydroxyl groups is 3. The molecule has 0 aliphatic carbocycles. The second-order valence-electron chi connectivity index (χ2n) is 5.03. The van der Waals surface area contributed by atoms with Crippen LogP contribution < -0.4 is 5.32 Å². The third-order valence-corrected chi connectivity index (χ3v) is 3.49. The van der Waals surface area contributed by atoms with Crippen LogP contribution in [0.25, 0.3) is 0 Å².